The Hall–Kier alpha value is -3.35. The first-order chi connectivity index (χ1) is 13.7. The first-order valence-corrected chi connectivity index (χ1v) is 9.37. The molecule has 0 bridgehead atoms. The quantitative estimate of drug-likeness (QED) is 0.730. The summed E-state index contributed by atoms with van der Waals surface area (Å²) in [5, 5.41) is 7.12. The highest BCUT2D eigenvalue weighted by molar-refractivity contribution is 5.89. The fourth-order valence-electron chi connectivity index (χ4n) is 3.21. The van der Waals surface area contributed by atoms with Crippen LogP contribution in [-0.2, 0) is 26.0 Å². The van der Waals surface area contributed by atoms with Crippen molar-refractivity contribution in [3.63, 3.8) is 0 Å². The van der Waals surface area contributed by atoms with Crippen LogP contribution in [0.25, 0.3) is 0 Å². The number of nitrogens with zero attached hydrogens (tertiary/aromatic N) is 3. The van der Waals surface area contributed by atoms with E-state index in [4.69, 9.17) is 9.26 Å². The number of urea groups is 1. The second-order valence-corrected chi connectivity index (χ2v) is 6.66. The van der Waals surface area contributed by atoms with Crippen LogP contribution in [0.2, 0.25) is 0 Å². The van der Waals surface area contributed by atoms with Crippen molar-refractivity contribution in [2.45, 2.75) is 32.9 Å². The summed E-state index contributed by atoms with van der Waals surface area (Å²) < 4.78 is 11.2. The topological polar surface area (TPSA) is 80.5 Å². The van der Waals surface area contributed by atoms with Gasteiger partial charge in [0, 0.05) is 30.4 Å². The molecule has 0 spiro atoms. The lowest BCUT2D eigenvalue weighted by molar-refractivity contribution is 0.202. The number of amides is 2. The van der Waals surface area contributed by atoms with E-state index in [0.29, 0.717) is 31.0 Å². The number of carbonyl (C=O) groups excluding carboxylic acids is 1. The summed E-state index contributed by atoms with van der Waals surface area (Å²) in [7, 11) is 0. The number of hydrogen-bond donors (Lipinski definition) is 1. The first-order valence-electron chi connectivity index (χ1n) is 9.37. The van der Waals surface area contributed by atoms with E-state index in [2.05, 4.69) is 28.4 Å². The van der Waals surface area contributed by atoms with Crippen molar-refractivity contribution in [3.05, 3.63) is 71.4 Å². The van der Waals surface area contributed by atoms with Crippen LogP contribution in [0.3, 0.4) is 0 Å². The lowest BCUT2D eigenvalue weighted by Crippen LogP contribution is -2.38. The summed E-state index contributed by atoms with van der Waals surface area (Å²) >= 11 is 0. The average Bonchev–Trinajstić information content (AvgIpc) is 3.15. The zero-order chi connectivity index (χ0) is 19.3. The molecule has 0 unspecified atom stereocenters. The smallest absolute Gasteiger partial charge is 0.322 e. The molecule has 2 amide bonds. The third-order valence-corrected chi connectivity index (χ3v) is 4.79. The molecular weight excluding hydrogens is 356 g/mol. The van der Waals surface area contributed by atoms with Gasteiger partial charge in [0.1, 0.15) is 23.8 Å². The molecule has 28 heavy (non-hydrogen) atoms. The predicted octanol–water partition coefficient (Wildman–Crippen LogP) is 3.80. The SMILES string of the molecule is CCc1cccc(NC(=O)N2CCc3onc(COc4cccnc4)c3C2)c1. The predicted molar refractivity (Wildman–Crippen MR) is 104 cm³/mol. The molecule has 0 atom stereocenters. The number of ether oxygens (including phenoxy) is 1. The van der Waals surface area contributed by atoms with Crippen LogP contribution in [0.1, 0.15) is 29.5 Å². The Kier molecular flexibility index (Phi) is 5.23. The van der Waals surface area contributed by atoms with E-state index in [1.54, 1.807) is 17.3 Å². The second-order valence-electron chi connectivity index (χ2n) is 6.66. The van der Waals surface area contributed by atoms with Gasteiger partial charge in [-0.05, 0) is 36.2 Å². The van der Waals surface area contributed by atoms with Gasteiger partial charge in [-0.25, -0.2) is 4.79 Å². The molecule has 3 heterocycles. The van der Waals surface area contributed by atoms with Crippen molar-refractivity contribution in [1.82, 2.24) is 15.0 Å². The summed E-state index contributed by atoms with van der Waals surface area (Å²) in [5.74, 6) is 1.49. The molecule has 1 aliphatic heterocycles. The number of rotatable bonds is 5. The third-order valence-electron chi connectivity index (χ3n) is 4.79. The van der Waals surface area contributed by atoms with Crippen LogP contribution in [0.4, 0.5) is 10.5 Å². The normalized spacial score (nSPS) is 13.1. The molecule has 0 aliphatic carbocycles. The van der Waals surface area contributed by atoms with E-state index in [1.807, 2.05) is 30.3 Å². The van der Waals surface area contributed by atoms with Gasteiger partial charge < -0.3 is 19.5 Å². The molecule has 1 aromatic carbocycles. The average molecular weight is 378 g/mol. The van der Waals surface area contributed by atoms with Gasteiger partial charge >= 0.3 is 6.03 Å². The summed E-state index contributed by atoms with van der Waals surface area (Å²) in [5.41, 5.74) is 3.63. The summed E-state index contributed by atoms with van der Waals surface area (Å²) in [6.07, 6.45) is 4.91. The maximum Gasteiger partial charge on any atom is 0.322 e. The van der Waals surface area contributed by atoms with E-state index in [-0.39, 0.29) is 12.6 Å². The zero-order valence-electron chi connectivity index (χ0n) is 15.7. The van der Waals surface area contributed by atoms with Crippen molar-refractivity contribution in [2.24, 2.45) is 0 Å². The number of aromatic nitrogens is 2. The van der Waals surface area contributed by atoms with Crippen LogP contribution >= 0.6 is 0 Å². The molecular formula is C21H22N4O3. The van der Waals surface area contributed by atoms with Gasteiger partial charge in [0.2, 0.25) is 0 Å². The van der Waals surface area contributed by atoms with Gasteiger partial charge in [0.15, 0.2) is 0 Å². The highest BCUT2D eigenvalue weighted by Crippen LogP contribution is 2.24. The number of fused-ring (bicyclic) bond motifs is 1. The molecule has 7 nitrogen and oxygen atoms in total. The zero-order valence-corrected chi connectivity index (χ0v) is 15.7. The number of nitrogens with one attached hydrogen (secondary N) is 1. The van der Waals surface area contributed by atoms with Gasteiger partial charge in [-0.3, -0.25) is 4.98 Å². The Balaban J connectivity index is 1.42. The maximum absolute atomic E-state index is 12.7. The summed E-state index contributed by atoms with van der Waals surface area (Å²) in [4.78, 5) is 18.5. The Morgan fingerprint density at radius 2 is 2.25 bits per heavy atom. The molecule has 0 saturated carbocycles. The lowest BCUT2D eigenvalue weighted by atomic mass is 10.1. The molecule has 1 aliphatic rings. The van der Waals surface area contributed by atoms with Crippen molar-refractivity contribution in [3.8, 4) is 5.75 Å². The van der Waals surface area contributed by atoms with E-state index in [0.717, 1.165) is 23.4 Å². The van der Waals surface area contributed by atoms with Crippen LogP contribution in [0, 0.1) is 0 Å². The number of pyridine rings is 1. The lowest BCUT2D eigenvalue weighted by Gasteiger charge is -2.26. The number of hydrogen-bond acceptors (Lipinski definition) is 5. The van der Waals surface area contributed by atoms with Crippen molar-refractivity contribution in [1.29, 1.82) is 0 Å². The highest BCUT2D eigenvalue weighted by atomic mass is 16.5. The largest absolute Gasteiger partial charge is 0.486 e. The van der Waals surface area contributed by atoms with Crippen molar-refractivity contribution in [2.75, 3.05) is 11.9 Å². The Bertz CT molecular complexity index is 955. The van der Waals surface area contributed by atoms with Gasteiger partial charge in [0.25, 0.3) is 0 Å². The monoisotopic (exact) mass is 378 g/mol. The summed E-state index contributed by atoms with van der Waals surface area (Å²) in [6.45, 7) is 3.40. The highest BCUT2D eigenvalue weighted by Gasteiger charge is 2.27. The van der Waals surface area contributed by atoms with Crippen LogP contribution < -0.4 is 10.1 Å². The van der Waals surface area contributed by atoms with Crippen LogP contribution in [-0.4, -0.2) is 27.6 Å². The second kappa shape index (κ2) is 8.12. The molecule has 0 radical (unpaired) electrons. The fraction of sp³-hybridized carbons (Fsp3) is 0.286. The molecule has 3 aromatic rings. The van der Waals surface area contributed by atoms with E-state index >= 15 is 0 Å². The molecule has 7 heteroatoms. The Labute approximate surface area is 163 Å². The number of aryl methyl sites for hydroxylation is 1. The van der Waals surface area contributed by atoms with E-state index in [1.165, 1.54) is 5.56 Å². The Morgan fingerprint density at radius 1 is 1.32 bits per heavy atom. The fourth-order valence-corrected chi connectivity index (χ4v) is 3.21. The number of anilines is 1. The van der Waals surface area contributed by atoms with Crippen molar-refractivity contribution < 1.29 is 14.1 Å². The minimum atomic E-state index is -0.126. The van der Waals surface area contributed by atoms with Gasteiger partial charge in [-0.15, -0.1) is 0 Å². The minimum absolute atomic E-state index is 0.126. The van der Waals surface area contributed by atoms with E-state index < -0.39 is 0 Å². The maximum atomic E-state index is 12.7. The molecule has 144 valence electrons. The number of benzene rings is 1. The Morgan fingerprint density at radius 3 is 3.07 bits per heavy atom. The molecule has 1 N–H and O–H groups in total. The van der Waals surface area contributed by atoms with E-state index in [9.17, 15) is 4.79 Å². The van der Waals surface area contributed by atoms with Gasteiger partial charge in [-0.2, -0.15) is 0 Å². The third kappa shape index (κ3) is 3.98. The molecule has 2 aromatic heterocycles. The van der Waals surface area contributed by atoms with Crippen LogP contribution in [0.15, 0.2) is 53.3 Å². The molecule has 0 saturated heterocycles. The minimum Gasteiger partial charge on any atom is -0.486 e. The summed E-state index contributed by atoms with van der Waals surface area (Å²) in [6, 6.07) is 11.4. The van der Waals surface area contributed by atoms with Gasteiger partial charge in [0.05, 0.1) is 12.7 Å². The van der Waals surface area contributed by atoms with Crippen molar-refractivity contribution >= 4 is 11.7 Å². The van der Waals surface area contributed by atoms with Gasteiger partial charge in [-0.1, -0.05) is 24.2 Å². The number of carbonyl (C=O) groups is 1. The van der Waals surface area contributed by atoms with Crippen LogP contribution in [0.5, 0.6) is 5.75 Å². The molecule has 0 fully saturated rings. The first kappa shape index (κ1) is 18.0. The molecule has 4 rings (SSSR count). The standard InChI is InChI=1S/C21H22N4O3/c1-2-15-5-3-6-16(11-15)23-21(26)25-10-8-20-18(13-25)19(24-28-20)14-27-17-7-4-9-22-12-17/h3-7,9,11-12H,2,8,10,13-14H2,1H3,(H,23,26).